The van der Waals surface area contributed by atoms with E-state index in [4.69, 9.17) is 5.11 Å². The van der Waals surface area contributed by atoms with Gasteiger partial charge in [0.1, 0.15) is 5.69 Å². The standard InChI is InChI=1S/C14H13NO2/c1-9-4-3-5-12(10(9)2)11-6-7-13(14(16)17)15-8-11/h3-8H,1-2H3,(H,16,17). The number of benzene rings is 1. The summed E-state index contributed by atoms with van der Waals surface area (Å²) in [4.78, 5) is 14.6. The lowest BCUT2D eigenvalue weighted by molar-refractivity contribution is 0.0690. The summed E-state index contributed by atoms with van der Waals surface area (Å²) in [5.74, 6) is -1.00. The lowest BCUT2D eigenvalue weighted by atomic mass is 9.98. The average Bonchev–Trinajstić information content (AvgIpc) is 2.33. The van der Waals surface area contributed by atoms with Gasteiger partial charge in [0.25, 0.3) is 0 Å². The molecule has 0 aliphatic heterocycles. The van der Waals surface area contributed by atoms with Crippen LogP contribution in [-0.4, -0.2) is 16.1 Å². The van der Waals surface area contributed by atoms with E-state index in [0.29, 0.717) is 0 Å². The SMILES string of the molecule is Cc1cccc(-c2ccc(C(=O)O)nc2)c1C. The van der Waals surface area contributed by atoms with Gasteiger partial charge in [0.15, 0.2) is 0 Å². The molecule has 1 aromatic heterocycles. The van der Waals surface area contributed by atoms with Gasteiger partial charge in [-0.25, -0.2) is 9.78 Å². The third-order valence-corrected chi connectivity index (χ3v) is 2.90. The molecule has 0 radical (unpaired) electrons. The van der Waals surface area contributed by atoms with Crippen LogP contribution in [0.4, 0.5) is 0 Å². The second kappa shape index (κ2) is 4.37. The molecule has 0 aliphatic carbocycles. The number of carboxylic acids is 1. The highest BCUT2D eigenvalue weighted by atomic mass is 16.4. The molecule has 3 nitrogen and oxygen atoms in total. The molecule has 86 valence electrons. The molecule has 17 heavy (non-hydrogen) atoms. The van der Waals surface area contributed by atoms with E-state index in [1.165, 1.54) is 17.2 Å². The molecule has 0 fully saturated rings. The van der Waals surface area contributed by atoms with Crippen LogP contribution in [0.3, 0.4) is 0 Å². The van der Waals surface area contributed by atoms with Crippen molar-refractivity contribution in [1.82, 2.24) is 4.98 Å². The minimum atomic E-state index is -1.00. The lowest BCUT2D eigenvalue weighted by Gasteiger charge is -2.08. The highest BCUT2D eigenvalue weighted by molar-refractivity contribution is 5.85. The molecular weight excluding hydrogens is 214 g/mol. The van der Waals surface area contributed by atoms with E-state index < -0.39 is 5.97 Å². The molecule has 1 aromatic carbocycles. The van der Waals surface area contributed by atoms with Gasteiger partial charge < -0.3 is 5.11 Å². The Morgan fingerprint density at radius 3 is 2.53 bits per heavy atom. The molecule has 0 spiro atoms. The van der Waals surface area contributed by atoms with Crippen LogP contribution in [0, 0.1) is 13.8 Å². The van der Waals surface area contributed by atoms with E-state index in [2.05, 4.69) is 24.9 Å². The number of hydrogen-bond acceptors (Lipinski definition) is 2. The summed E-state index contributed by atoms with van der Waals surface area (Å²) in [7, 11) is 0. The second-order valence-corrected chi connectivity index (χ2v) is 3.98. The Morgan fingerprint density at radius 2 is 1.94 bits per heavy atom. The third kappa shape index (κ3) is 2.18. The maximum absolute atomic E-state index is 10.7. The van der Waals surface area contributed by atoms with E-state index in [-0.39, 0.29) is 5.69 Å². The van der Waals surface area contributed by atoms with Gasteiger partial charge in [-0.15, -0.1) is 0 Å². The maximum Gasteiger partial charge on any atom is 0.354 e. The number of hydrogen-bond donors (Lipinski definition) is 1. The van der Waals surface area contributed by atoms with Crippen LogP contribution in [0.25, 0.3) is 11.1 Å². The van der Waals surface area contributed by atoms with Gasteiger partial charge in [-0.1, -0.05) is 24.3 Å². The topological polar surface area (TPSA) is 50.2 Å². The molecule has 3 heteroatoms. The van der Waals surface area contributed by atoms with E-state index in [9.17, 15) is 4.79 Å². The van der Waals surface area contributed by atoms with Gasteiger partial charge in [0, 0.05) is 11.8 Å². The molecule has 0 unspecified atom stereocenters. The van der Waals surface area contributed by atoms with E-state index in [1.54, 1.807) is 12.3 Å². The number of carbonyl (C=O) groups is 1. The summed E-state index contributed by atoms with van der Waals surface area (Å²) >= 11 is 0. The van der Waals surface area contributed by atoms with Gasteiger partial charge in [-0.3, -0.25) is 0 Å². The van der Waals surface area contributed by atoms with Crippen LogP contribution in [0.2, 0.25) is 0 Å². The first kappa shape index (κ1) is 11.3. The van der Waals surface area contributed by atoms with Crippen LogP contribution in [0.1, 0.15) is 21.6 Å². The summed E-state index contributed by atoms with van der Waals surface area (Å²) in [6.07, 6.45) is 1.60. The lowest BCUT2D eigenvalue weighted by Crippen LogP contribution is -1.99. The van der Waals surface area contributed by atoms with Crippen molar-refractivity contribution in [2.75, 3.05) is 0 Å². The molecular formula is C14H13NO2. The summed E-state index contributed by atoms with van der Waals surface area (Å²) < 4.78 is 0. The minimum Gasteiger partial charge on any atom is -0.477 e. The maximum atomic E-state index is 10.7. The Morgan fingerprint density at radius 1 is 1.18 bits per heavy atom. The van der Waals surface area contributed by atoms with Gasteiger partial charge in [0.2, 0.25) is 0 Å². The fourth-order valence-corrected chi connectivity index (χ4v) is 1.74. The van der Waals surface area contributed by atoms with Crippen LogP contribution >= 0.6 is 0 Å². The first-order valence-electron chi connectivity index (χ1n) is 5.35. The van der Waals surface area contributed by atoms with Crippen molar-refractivity contribution in [1.29, 1.82) is 0 Å². The summed E-state index contributed by atoms with van der Waals surface area (Å²) in [6.45, 7) is 4.10. The Labute approximate surface area is 99.8 Å². The van der Waals surface area contributed by atoms with Crippen molar-refractivity contribution in [2.45, 2.75) is 13.8 Å². The predicted molar refractivity (Wildman–Crippen MR) is 66.1 cm³/mol. The molecule has 0 atom stereocenters. The first-order chi connectivity index (χ1) is 8.09. The third-order valence-electron chi connectivity index (χ3n) is 2.90. The quantitative estimate of drug-likeness (QED) is 0.857. The van der Waals surface area contributed by atoms with Crippen molar-refractivity contribution in [3.8, 4) is 11.1 Å². The minimum absolute atomic E-state index is 0.0686. The highest BCUT2D eigenvalue weighted by Gasteiger charge is 2.07. The number of rotatable bonds is 2. The zero-order chi connectivity index (χ0) is 12.4. The molecule has 2 aromatic rings. The molecule has 0 bridgehead atoms. The molecule has 0 amide bonds. The number of aromatic carboxylic acids is 1. The summed E-state index contributed by atoms with van der Waals surface area (Å²) in [5, 5.41) is 8.78. The smallest absolute Gasteiger partial charge is 0.354 e. The van der Waals surface area contributed by atoms with E-state index in [1.807, 2.05) is 12.1 Å². The number of aryl methyl sites for hydroxylation is 1. The van der Waals surface area contributed by atoms with Gasteiger partial charge in [-0.2, -0.15) is 0 Å². The van der Waals surface area contributed by atoms with Gasteiger partial charge in [0.05, 0.1) is 0 Å². The average molecular weight is 227 g/mol. The summed E-state index contributed by atoms with van der Waals surface area (Å²) in [6, 6.07) is 9.37. The van der Waals surface area contributed by atoms with Crippen molar-refractivity contribution in [3.63, 3.8) is 0 Å². The normalized spacial score (nSPS) is 10.2. The largest absolute Gasteiger partial charge is 0.477 e. The number of pyridine rings is 1. The molecule has 2 rings (SSSR count). The van der Waals surface area contributed by atoms with Crippen LogP contribution in [0.5, 0.6) is 0 Å². The van der Waals surface area contributed by atoms with Gasteiger partial charge >= 0.3 is 5.97 Å². The fourth-order valence-electron chi connectivity index (χ4n) is 1.74. The van der Waals surface area contributed by atoms with Crippen molar-refractivity contribution in [3.05, 3.63) is 53.3 Å². The number of carboxylic acid groups (broad SMARTS) is 1. The van der Waals surface area contributed by atoms with Crippen molar-refractivity contribution >= 4 is 5.97 Å². The number of aromatic nitrogens is 1. The van der Waals surface area contributed by atoms with E-state index >= 15 is 0 Å². The molecule has 1 heterocycles. The van der Waals surface area contributed by atoms with Crippen molar-refractivity contribution in [2.24, 2.45) is 0 Å². The molecule has 0 saturated carbocycles. The van der Waals surface area contributed by atoms with Crippen LogP contribution in [-0.2, 0) is 0 Å². The second-order valence-electron chi connectivity index (χ2n) is 3.98. The molecule has 1 N–H and O–H groups in total. The Hall–Kier alpha value is -2.16. The van der Waals surface area contributed by atoms with Crippen LogP contribution in [0.15, 0.2) is 36.5 Å². The Bertz CT molecular complexity index is 559. The van der Waals surface area contributed by atoms with Gasteiger partial charge in [-0.05, 0) is 36.6 Å². The Balaban J connectivity index is 2.47. The fraction of sp³-hybridized carbons (Fsp3) is 0.143. The predicted octanol–water partition coefficient (Wildman–Crippen LogP) is 3.06. The number of nitrogens with zero attached hydrogens (tertiary/aromatic N) is 1. The summed E-state index contributed by atoms with van der Waals surface area (Å²) in [5.41, 5.74) is 4.51. The van der Waals surface area contributed by atoms with Crippen molar-refractivity contribution < 1.29 is 9.90 Å². The van der Waals surface area contributed by atoms with Crippen LogP contribution < -0.4 is 0 Å². The molecule has 0 saturated heterocycles. The first-order valence-corrected chi connectivity index (χ1v) is 5.35. The zero-order valence-corrected chi connectivity index (χ0v) is 9.77. The molecule has 0 aliphatic rings. The zero-order valence-electron chi connectivity index (χ0n) is 9.77. The highest BCUT2D eigenvalue weighted by Crippen LogP contribution is 2.24. The Kier molecular flexibility index (Phi) is 2.91. The monoisotopic (exact) mass is 227 g/mol. The van der Waals surface area contributed by atoms with E-state index in [0.717, 1.165) is 11.1 Å².